The van der Waals surface area contributed by atoms with E-state index in [1.54, 1.807) is 29.9 Å². The Kier molecular flexibility index (Phi) is 3.25. The lowest BCUT2D eigenvalue weighted by atomic mass is 10.1. The summed E-state index contributed by atoms with van der Waals surface area (Å²) in [7, 11) is 1.75. The fourth-order valence-electron chi connectivity index (χ4n) is 1.64. The van der Waals surface area contributed by atoms with Crippen molar-refractivity contribution in [3.05, 3.63) is 40.5 Å². The van der Waals surface area contributed by atoms with Crippen molar-refractivity contribution < 1.29 is 4.79 Å². The van der Waals surface area contributed by atoms with Gasteiger partial charge in [-0.25, -0.2) is 0 Å². The molecule has 0 fully saturated rings. The summed E-state index contributed by atoms with van der Waals surface area (Å²) in [4.78, 5) is 12.1. The van der Waals surface area contributed by atoms with Gasteiger partial charge in [0.1, 0.15) is 5.82 Å². The maximum absolute atomic E-state index is 12.1. The second-order valence-corrected chi connectivity index (χ2v) is 4.42. The summed E-state index contributed by atoms with van der Waals surface area (Å²) in [6.07, 6.45) is 0. The number of hydrogen-bond donors (Lipinski definition) is 2. The van der Waals surface area contributed by atoms with E-state index in [0.29, 0.717) is 22.1 Å². The summed E-state index contributed by atoms with van der Waals surface area (Å²) in [5, 5.41) is 7.35. The first-order valence-corrected chi connectivity index (χ1v) is 5.72. The minimum absolute atomic E-state index is 0.307. The van der Waals surface area contributed by atoms with Crippen LogP contribution < -0.4 is 11.1 Å². The predicted octanol–water partition coefficient (Wildman–Crippen LogP) is 2.22. The van der Waals surface area contributed by atoms with Gasteiger partial charge in [0.15, 0.2) is 0 Å². The highest BCUT2D eigenvalue weighted by Crippen LogP contribution is 2.19. The van der Waals surface area contributed by atoms with Gasteiger partial charge in [-0.2, -0.15) is 5.10 Å². The molecule has 1 aromatic carbocycles. The second-order valence-electron chi connectivity index (χ2n) is 3.98. The molecule has 0 aliphatic heterocycles. The summed E-state index contributed by atoms with van der Waals surface area (Å²) in [6.45, 7) is 1.85. The van der Waals surface area contributed by atoms with Gasteiger partial charge in [0.2, 0.25) is 0 Å². The molecule has 0 saturated heterocycles. The van der Waals surface area contributed by atoms with Gasteiger partial charge < -0.3 is 11.1 Å². The van der Waals surface area contributed by atoms with Crippen LogP contribution in [0.4, 0.5) is 11.5 Å². The minimum Gasteiger partial charge on any atom is -0.398 e. The normalized spacial score (nSPS) is 10.4. The van der Waals surface area contributed by atoms with E-state index in [4.69, 9.17) is 17.3 Å². The second kappa shape index (κ2) is 4.70. The molecule has 0 radical (unpaired) electrons. The Hall–Kier alpha value is -2.01. The molecule has 3 N–H and O–H groups in total. The third kappa shape index (κ3) is 2.46. The molecule has 1 heterocycles. The van der Waals surface area contributed by atoms with Crippen molar-refractivity contribution in [1.29, 1.82) is 0 Å². The number of aromatic nitrogens is 2. The van der Waals surface area contributed by atoms with Crippen molar-refractivity contribution in [3.63, 3.8) is 0 Å². The lowest BCUT2D eigenvalue weighted by molar-refractivity contribution is 0.102. The molecule has 0 unspecified atom stereocenters. The number of benzene rings is 1. The SMILES string of the molecule is Cc1cc(NC(=O)c2cc(Cl)ccc2N)n(C)n1. The average Bonchev–Trinajstić information content (AvgIpc) is 2.61. The summed E-state index contributed by atoms with van der Waals surface area (Å²) < 4.78 is 1.59. The van der Waals surface area contributed by atoms with Crippen molar-refractivity contribution in [1.82, 2.24) is 9.78 Å². The van der Waals surface area contributed by atoms with Crippen molar-refractivity contribution in [2.24, 2.45) is 7.05 Å². The summed E-state index contributed by atoms with van der Waals surface area (Å²) >= 11 is 5.85. The highest BCUT2D eigenvalue weighted by Gasteiger charge is 2.12. The molecule has 5 nitrogen and oxygen atoms in total. The number of carbonyl (C=O) groups excluding carboxylic acids is 1. The maximum atomic E-state index is 12.1. The van der Waals surface area contributed by atoms with E-state index in [1.807, 2.05) is 6.92 Å². The quantitative estimate of drug-likeness (QED) is 0.817. The first-order chi connectivity index (χ1) is 8.47. The van der Waals surface area contributed by atoms with Crippen molar-refractivity contribution in [2.45, 2.75) is 6.92 Å². The van der Waals surface area contributed by atoms with Gasteiger partial charge in [0.25, 0.3) is 5.91 Å². The standard InChI is InChI=1S/C12H13ClN4O/c1-7-5-11(17(2)16-7)15-12(18)9-6-8(13)3-4-10(9)14/h3-6H,14H2,1-2H3,(H,15,18). The van der Waals surface area contributed by atoms with Crippen LogP contribution in [0.15, 0.2) is 24.3 Å². The molecule has 1 amide bonds. The molecule has 0 saturated carbocycles. The molecule has 0 aliphatic rings. The van der Waals surface area contributed by atoms with Crippen LogP contribution in [0.5, 0.6) is 0 Å². The molecule has 1 aromatic heterocycles. The summed E-state index contributed by atoms with van der Waals surface area (Å²) in [5.41, 5.74) is 7.30. The number of carbonyl (C=O) groups is 1. The first-order valence-electron chi connectivity index (χ1n) is 5.34. The summed E-state index contributed by atoms with van der Waals surface area (Å²) in [6, 6.07) is 6.56. The van der Waals surface area contributed by atoms with E-state index < -0.39 is 0 Å². The molecule has 0 bridgehead atoms. The molecule has 18 heavy (non-hydrogen) atoms. The van der Waals surface area contributed by atoms with Crippen molar-refractivity contribution in [2.75, 3.05) is 11.1 Å². The smallest absolute Gasteiger partial charge is 0.258 e. The average molecular weight is 265 g/mol. The number of nitrogen functional groups attached to an aromatic ring is 1. The largest absolute Gasteiger partial charge is 0.398 e. The fourth-order valence-corrected chi connectivity index (χ4v) is 1.81. The molecular weight excluding hydrogens is 252 g/mol. The number of nitrogens with two attached hydrogens (primary N) is 1. The highest BCUT2D eigenvalue weighted by atomic mass is 35.5. The number of nitrogens with one attached hydrogen (secondary N) is 1. The zero-order valence-electron chi connectivity index (χ0n) is 10.1. The third-order valence-electron chi connectivity index (χ3n) is 2.50. The van der Waals surface area contributed by atoms with Gasteiger partial charge in [0.05, 0.1) is 11.3 Å². The van der Waals surface area contributed by atoms with Gasteiger partial charge in [-0.3, -0.25) is 9.48 Å². The van der Waals surface area contributed by atoms with Crippen LogP contribution in [-0.4, -0.2) is 15.7 Å². The molecule has 0 atom stereocenters. The van der Waals surface area contributed by atoms with Crippen LogP contribution in [0.25, 0.3) is 0 Å². The van der Waals surface area contributed by atoms with E-state index in [-0.39, 0.29) is 5.91 Å². The van der Waals surface area contributed by atoms with Crippen LogP contribution in [-0.2, 0) is 7.05 Å². The Morgan fingerprint density at radius 1 is 1.44 bits per heavy atom. The van der Waals surface area contributed by atoms with E-state index in [0.717, 1.165) is 5.69 Å². The number of hydrogen-bond acceptors (Lipinski definition) is 3. The molecule has 2 aromatic rings. The zero-order chi connectivity index (χ0) is 13.3. The van der Waals surface area contributed by atoms with Gasteiger partial charge in [-0.05, 0) is 25.1 Å². The molecule has 94 valence electrons. The first kappa shape index (κ1) is 12.4. The van der Waals surface area contributed by atoms with Crippen LogP contribution >= 0.6 is 11.6 Å². The monoisotopic (exact) mass is 264 g/mol. The number of nitrogens with zero attached hydrogens (tertiary/aromatic N) is 2. The van der Waals surface area contributed by atoms with E-state index >= 15 is 0 Å². The molecule has 2 rings (SSSR count). The van der Waals surface area contributed by atoms with Crippen molar-refractivity contribution in [3.8, 4) is 0 Å². The Bertz CT molecular complexity index is 606. The van der Waals surface area contributed by atoms with Crippen molar-refractivity contribution >= 4 is 29.0 Å². The number of rotatable bonds is 2. The summed E-state index contributed by atoms with van der Waals surface area (Å²) in [5.74, 6) is 0.301. The van der Waals surface area contributed by atoms with Gasteiger partial charge in [-0.1, -0.05) is 11.6 Å². The number of amides is 1. The zero-order valence-corrected chi connectivity index (χ0v) is 10.8. The molecular formula is C12H13ClN4O. The Morgan fingerprint density at radius 2 is 2.17 bits per heavy atom. The van der Waals surface area contributed by atoms with Gasteiger partial charge >= 0.3 is 0 Å². The highest BCUT2D eigenvalue weighted by molar-refractivity contribution is 6.31. The lowest BCUT2D eigenvalue weighted by Gasteiger charge is -2.07. The van der Waals surface area contributed by atoms with Gasteiger partial charge in [-0.15, -0.1) is 0 Å². The van der Waals surface area contributed by atoms with Crippen LogP contribution in [0.2, 0.25) is 5.02 Å². The Labute approximate surface area is 110 Å². The Morgan fingerprint density at radius 3 is 2.78 bits per heavy atom. The molecule has 6 heteroatoms. The third-order valence-corrected chi connectivity index (χ3v) is 2.74. The number of aryl methyl sites for hydroxylation is 2. The van der Waals surface area contributed by atoms with Crippen LogP contribution in [0.3, 0.4) is 0 Å². The maximum Gasteiger partial charge on any atom is 0.258 e. The fraction of sp³-hybridized carbons (Fsp3) is 0.167. The Balaban J connectivity index is 2.27. The predicted molar refractivity (Wildman–Crippen MR) is 71.8 cm³/mol. The van der Waals surface area contributed by atoms with E-state index in [2.05, 4.69) is 10.4 Å². The van der Waals surface area contributed by atoms with Gasteiger partial charge in [0, 0.05) is 23.8 Å². The number of halogens is 1. The van der Waals surface area contributed by atoms with E-state index in [9.17, 15) is 4.79 Å². The molecule has 0 spiro atoms. The lowest BCUT2D eigenvalue weighted by Crippen LogP contribution is -2.16. The minimum atomic E-state index is -0.307. The van der Waals surface area contributed by atoms with Crippen LogP contribution in [0, 0.1) is 6.92 Å². The molecule has 0 aliphatic carbocycles. The number of anilines is 2. The van der Waals surface area contributed by atoms with E-state index in [1.165, 1.54) is 6.07 Å². The van der Waals surface area contributed by atoms with Crippen LogP contribution in [0.1, 0.15) is 16.1 Å². The topological polar surface area (TPSA) is 72.9 Å².